The molecule has 2 aromatic heterocycles. The smallest absolute Gasteiger partial charge is 0.273 e. The van der Waals surface area contributed by atoms with Crippen LogP contribution in [0, 0.1) is 0 Å². The first-order chi connectivity index (χ1) is 7.81. The summed E-state index contributed by atoms with van der Waals surface area (Å²) in [7, 11) is 0. The fourth-order valence-electron chi connectivity index (χ4n) is 1.25. The van der Waals surface area contributed by atoms with E-state index in [-0.39, 0.29) is 5.91 Å². The van der Waals surface area contributed by atoms with Crippen molar-refractivity contribution in [2.45, 2.75) is 13.3 Å². The molecule has 16 heavy (non-hydrogen) atoms. The molecule has 0 radical (unpaired) electrons. The zero-order chi connectivity index (χ0) is 11.4. The van der Waals surface area contributed by atoms with Gasteiger partial charge >= 0.3 is 0 Å². The second-order valence-electron chi connectivity index (χ2n) is 3.31. The summed E-state index contributed by atoms with van der Waals surface area (Å²) in [5, 5.41) is 8.45. The van der Waals surface area contributed by atoms with Gasteiger partial charge in [-0.15, -0.1) is 11.3 Å². The lowest BCUT2D eigenvalue weighted by molar-refractivity contribution is 0.0944. The molecule has 0 fully saturated rings. The van der Waals surface area contributed by atoms with E-state index >= 15 is 0 Å². The molecule has 0 bridgehead atoms. The number of carbonyl (C=O) groups is 1. The summed E-state index contributed by atoms with van der Waals surface area (Å²) in [4.78, 5) is 12.5. The molecule has 0 aliphatic heterocycles. The molecule has 2 aromatic rings. The fraction of sp³-hybridized carbons (Fsp3) is 0.273. The van der Waals surface area contributed by atoms with E-state index in [4.69, 9.17) is 4.52 Å². The fourth-order valence-corrected chi connectivity index (χ4v) is 1.92. The average molecular weight is 236 g/mol. The van der Waals surface area contributed by atoms with Crippen LogP contribution in [0.3, 0.4) is 0 Å². The van der Waals surface area contributed by atoms with Crippen LogP contribution in [0.25, 0.3) is 10.6 Å². The Labute approximate surface area is 97.3 Å². The minimum Gasteiger partial charge on any atom is -0.355 e. The van der Waals surface area contributed by atoms with Crippen LogP contribution in [0.2, 0.25) is 0 Å². The highest BCUT2D eigenvalue weighted by atomic mass is 32.1. The van der Waals surface area contributed by atoms with Crippen LogP contribution in [-0.4, -0.2) is 17.6 Å². The van der Waals surface area contributed by atoms with Gasteiger partial charge in [0.1, 0.15) is 0 Å². The van der Waals surface area contributed by atoms with Crippen molar-refractivity contribution in [2.75, 3.05) is 6.54 Å². The molecule has 1 N–H and O–H groups in total. The average Bonchev–Trinajstić information content (AvgIpc) is 2.94. The van der Waals surface area contributed by atoms with Gasteiger partial charge in [0, 0.05) is 12.6 Å². The van der Waals surface area contributed by atoms with Gasteiger partial charge in [-0.05, 0) is 17.9 Å². The third-order valence-corrected chi connectivity index (χ3v) is 2.93. The van der Waals surface area contributed by atoms with Crippen LogP contribution in [-0.2, 0) is 0 Å². The van der Waals surface area contributed by atoms with Crippen molar-refractivity contribution < 1.29 is 9.32 Å². The summed E-state index contributed by atoms with van der Waals surface area (Å²) >= 11 is 1.55. The molecule has 2 heterocycles. The predicted molar refractivity (Wildman–Crippen MR) is 62.4 cm³/mol. The highest BCUT2D eigenvalue weighted by Crippen LogP contribution is 2.24. The van der Waals surface area contributed by atoms with E-state index in [2.05, 4.69) is 10.5 Å². The van der Waals surface area contributed by atoms with Crippen LogP contribution in [0.15, 0.2) is 28.1 Å². The first kappa shape index (κ1) is 10.9. The van der Waals surface area contributed by atoms with E-state index in [1.54, 1.807) is 17.4 Å². The summed E-state index contributed by atoms with van der Waals surface area (Å²) < 4.78 is 5.11. The van der Waals surface area contributed by atoms with Crippen molar-refractivity contribution >= 4 is 17.2 Å². The number of thiophene rings is 1. The molecule has 4 nitrogen and oxygen atoms in total. The number of nitrogens with one attached hydrogen (secondary N) is 1. The Morgan fingerprint density at radius 1 is 1.62 bits per heavy atom. The van der Waals surface area contributed by atoms with Crippen molar-refractivity contribution in [1.82, 2.24) is 10.5 Å². The third-order valence-electron chi connectivity index (χ3n) is 2.04. The van der Waals surface area contributed by atoms with Gasteiger partial charge in [0.05, 0.1) is 4.88 Å². The molecule has 0 spiro atoms. The molecule has 0 aliphatic rings. The molecular formula is C11H12N2O2S. The van der Waals surface area contributed by atoms with Gasteiger partial charge in [-0.2, -0.15) is 0 Å². The minimum absolute atomic E-state index is 0.187. The number of aromatic nitrogens is 1. The Balaban J connectivity index is 2.11. The maximum absolute atomic E-state index is 11.6. The summed E-state index contributed by atoms with van der Waals surface area (Å²) in [5.74, 6) is 0.449. The Bertz CT molecular complexity index is 462. The summed E-state index contributed by atoms with van der Waals surface area (Å²) in [5.41, 5.74) is 0.330. The van der Waals surface area contributed by atoms with Crippen LogP contribution in [0.5, 0.6) is 0 Å². The standard InChI is InChI=1S/C11H12N2O2S/c1-2-5-12-11(14)8-7-9(15-13-8)10-4-3-6-16-10/h3-4,6-7H,2,5H2,1H3,(H,12,14). The lowest BCUT2D eigenvalue weighted by Gasteiger charge is -1.97. The largest absolute Gasteiger partial charge is 0.355 e. The van der Waals surface area contributed by atoms with E-state index < -0.39 is 0 Å². The van der Waals surface area contributed by atoms with E-state index in [9.17, 15) is 4.79 Å². The van der Waals surface area contributed by atoms with Crippen LogP contribution < -0.4 is 5.32 Å². The van der Waals surface area contributed by atoms with Crippen molar-refractivity contribution in [3.63, 3.8) is 0 Å². The topological polar surface area (TPSA) is 55.1 Å². The molecule has 0 aromatic carbocycles. The van der Waals surface area contributed by atoms with E-state index in [0.717, 1.165) is 11.3 Å². The molecule has 0 saturated heterocycles. The van der Waals surface area contributed by atoms with Crippen LogP contribution in [0.1, 0.15) is 23.8 Å². The van der Waals surface area contributed by atoms with Gasteiger partial charge in [0.2, 0.25) is 0 Å². The van der Waals surface area contributed by atoms with E-state index in [1.165, 1.54) is 0 Å². The number of amides is 1. The van der Waals surface area contributed by atoms with Crippen LogP contribution in [0.4, 0.5) is 0 Å². The van der Waals surface area contributed by atoms with Gasteiger partial charge in [-0.1, -0.05) is 18.1 Å². The molecule has 1 amide bonds. The molecule has 2 rings (SSSR count). The number of nitrogens with zero attached hydrogens (tertiary/aromatic N) is 1. The van der Waals surface area contributed by atoms with Crippen molar-refractivity contribution in [3.05, 3.63) is 29.3 Å². The highest BCUT2D eigenvalue weighted by molar-refractivity contribution is 7.13. The Morgan fingerprint density at radius 3 is 3.19 bits per heavy atom. The maximum atomic E-state index is 11.6. The molecule has 0 unspecified atom stereocenters. The summed E-state index contributed by atoms with van der Waals surface area (Å²) in [6, 6.07) is 5.52. The van der Waals surface area contributed by atoms with Crippen molar-refractivity contribution in [3.8, 4) is 10.6 Å². The molecule has 0 atom stereocenters. The number of hydrogen-bond donors (Lipinski definition) is 1. The van der Waals surface area contributed by atoms with Crippen molar-refractivity contribution in [2.24, 2.45) is 0 Å². The Kier molecular flexibility index (Phi) is 3.36. The van der Waals surface area contributed by atoms with Gasteiger partial charge in [0.15, 0.2) is 11.5 Å². The third kappa shape index (κ3) is 2.30. The second-order valence-corrected chi connectivity index (χ2v) is 4.26. The van der Waals surface area contributed by atoms with Gasteiger partial charge in [0.25, 0.3) is 5.91 Å². The highest BCUT2D eigenvalue weighted by Gasteiger charge is 2.13. The number of carbonyl (C=O) groups excluding carboxylic acids is 1. The molecular weight excluding hydrogens is 224 g/mol. The second kappa shape index (κ2) is 4.94. The lowest BCUT2D eigenvalue weighted by atomic mass is 10.3. The van der Waals surface area contributed by atoms with Gasteiger partial charge in [-0.3, -0.25) is 4.79 Å². The number of hydrogen-bond acceptors (Lipinski definition) is 4. The molecule has 84 valence electrons. The predicted octanol–water partition coefficient (Wildman–Crippen LogP) is 2.54. The normalized spacial score (nSPS) is 10.3. The Hall–Kier alpha value is -1.62. The molecule has 0 saturated carbocycles. The van der Waals surface area contributed by atoms with Crippen molar-refractivity contribution in [1.29, 1.82) is 0 Å². The summed E-state index contributed by atoms with van der Waals surface area (Å²) in [6.07, 6.45) is 0.904. The molecule has 5 heteroatoms. The summed E-state index contributed by atoms with van der Waals surface area (Å²) in [6.45, 7) is 2.65. The minimum atomic E-state index is -0.187. The first-order valence-corrected chi connectivity index (χ1v) is 5.98. The first-order valence-electron chi connectivity index (χ1n) is 5.10. The van der Waals surface area contributed by atoms with Gasteiger partial charge in [-0.25, -0.2) is 0 Å². The number of rotatable bonds is 4. The van der Waals surface area contributed by atoms with E-state index in [0.29, 0.717) is 18.0 Å². The maximum Gasteiger partial charge on any atom is 0.273 e. The van der Waals surface area contributed by atoms with E-state index in [1.807, 2.05) is 24.4 Å². The zero-order valence-corrected chi connectivity index (χ0v) is 9.71. The van der Waals surface area contributed by atoms with Crippen LogP contribution >= 0.6 is 11.3 Å². The lowest BCUT2D eigenvalue weighted by Crippen LogP contribution is -2.24. The van der Waals surface area contributed by atoms with Gasteiger partial charge < -0.3 is 9.84 Å². The monoisotopic (exact) mass is 236 g/mol. The Morgan fingerprint density at radius 2 is 2.50 bits per heavy atom. The zero-order valence-electron chi connectivity index (χ0n) is 8.90. The SMILES string of the molecule is CCCNC(=O)c1cc(-c2cccs2)on1. The molecule has 0 aliphatic carbocycles. The quantitative estimate of drug-likeness (QED) is 0.887.